The molecule has 2 rings (SSSR count). The number of fused-ring (bicyclic) bond motifs is 1. The number of halogens is 2. The van der Waals surface area contributed by atoms with E-state index in [1.165, 1.54) is 0 Å². The summed E-state index contributed by atoms with van der Waals surface area (Å²) in [5, 5.41) is 9.71. The van der Waals surface area contributed by atoms with Crippen molar-refractivity contribution >= 4 is 0 Å². The summed E-state index contributed by atoms with van der Waals surface area (Å²) in [7, 11) is 0. The Balaban J connectivity index is 2.63. The third kappa shape index (κ3) is 1.75. The van der Waals surface area contributed by atoms with Gasteiger partial charge in [-0.1, -0.05) is 0 Å². The van der Waals surface area contributed by atoms with Gasteiger partial charge in [0.05, 0.1) is 13.2 Å². The van der Waals surface area contributed by atoms with Crippen LogP contribution in [0.15, 0.2) is 6.07 Å². The first kappa shape index (κ1) is 10.5. The average Bonchev–Trinajstić information content (AvgIpc) is 2.37. The number of rotatable bonds is 0. The van der Waals surface area contributed by atoms with Crippen LogP contribution in [0.3, 0.4) is 0 Å². The molecule has 1 unspecified atom stereocenters. The molecule has 0 amide bonds. The molecule has 0 radical (unpaired) electrons. The van der Waals surface area contributed by atoms with Gasteiger partial charge in [0, 0.05) is 6.07 Å². The first-order chi connectivity index (χ1) is 7.11. The zero-order chi connectivity index (χ0) is 11.0. The SMILES string of the molecule is Cc1c(F)cc(F)c2c1C(O)COCC2. The maximum absolute atomic E-state index is 13.5. The monoisotopic (exact) mass is 214 g/mol. The van der Waals surface area contributed by atoms with Gasteiger partial charge in [-0.05, 0) is 30.0 Å². The normalized spacial score (nSPS) is 20.9. The van der Waals surface area contributed by atoms with Crippen molar-refractivity contribution in [3.8, 4) is 0 Å². The minimum Gasteiger partial charge on any atom is -0.386 e. The minimum atomic E-state index is -0.937. The molecular formula is C11H12F2O2. The Bertz CT molecular complexity index is 391. The molecule has 2 nitrogen and oxygen atoms in total. The maximum Gasteiger partial charge on any atom is 0.129 e. The van der Waals surface area contributed by atoms with Crippen LogP contribution in [0, 0.1) is 18.6 Å². The number of aliphatic hydroxyl groups is 1. The first-order valence-electron chi connectivity index (χ1n) is 4.84. The van der Waals surface area contributed by atoms with E-state index in [-0.39, 0.29) is 6.61 Å². The van der Waals surface area contributed by atoms with Crippen LogP contribution < -0.4 is 0 Å². The molecule has 1 aliphatic heterocycles. The third-order valence-electron chi connectivity index (χ3n) is 2.73. The van der Waals surface area contributed by atoms with Crippen molar-refractivity contribution in [2.75, 3.05) is 13.2 Å². The van der Waals surface area contributed by atoms with Gasteiger partial charge in [-0.2, -0.15) is 0 Å². The Morgan fingerprint density at radius 2 is 2.13 bits per heavy atom. The molecule has 0 aromatic heterocycles. The summed E-state index contributed by atoms with van der Waals surface area (Å²) in [6, 6.07) is 0.867. The Labute approximate surface area is 86.5 Å². The molecule has 0 bridgehead atoms. The molecule has 0 fully saturated rings. The second-order valence-corrected chi connectivity index (χ2v) is 3.70. The van der Waals surface area contributed by atoms with E-state index in [9.17, 15) is 13.9 Å². The zero-order valence-corrected chi connectivity index (χ0v) is 8.39. The largest absolute Gasteiger partial charge is 0.386 e. The highest BCUT2D eigenvalue weighted by molar-refractivity contribution is 5.39. The summed E-state index contributed by atoms with van der Waals surface area (Å²) in [5.74, 6) is -1.22. The van der Waals surface area contributed by atoms with Crippen LogP contribution in [0.1, 0.15) is 22.8 Å². The topological polar surface area (TPSA) is 29.5 Å². The average molecular weight is 214 g/mol. The van der Waals surface area contributed by atoms with Crippen LogP contribution in [0.2, 0.25) is 0 Å². The van der Waals surface area contributed by atoms with E-state index in [1.54, 1.807) is 6.92 Å². The lowest BCUT2D eigenvalue weighted by atomic mass is 9.95. The van der Waals surface area contributed by atoms with Crippen LogP contribution in [0.5, 0.6) is 0 Å². The molecule has 0 saturated carbocycles. The molecule has 1 aliphatic rings. The van der Waals surface area contributed by atoms with Crippen LogP contribution in [0.4, 0.5) is 8.78 Å². The molecule has 0 aliphatic carbocycles. The summed E-state index contributed by atoms with van der Waals surface area (Å²) in [4.78, 5) is 0. The van der Waals surface area contributed by atoms with Crippen molar-refractivity contribution in [2.24, 2.45) is 0 Å². The van der Waals surface area contributed by atoms with E-state index in [4.69, 9.17) is 4.74 Å². The molecule has 1 N–H and O–H groups in total. The highest BCUT2D eigenvalue weighted by Crippen LogP contribution is 2.29. The summed E-state index contributed by atoms with van der Waals surface area (Å²) in [6.07, 6.45) is -0.563. The summed E-state index contributed by atoms with van der Waals surface area (Å²) in [6.45, 7) is 1.99. The summed E-state index contributed by atoms with van der Waals surface area (Å²) in [5.41, 5.74) is 1.04. The van der Waals surface area contributed by atoms with E-state index in [0.717, 1.165) is 6.07 Å². The lowest BCUT2D eigenvalue weighted by Gasteiger charge is -2.15. The van der Waals surface area contributed by atoms with Crippen molar-refractivity contribution in [1.29, 1.82) is 0 Å². The van der Waals surface area contributed by atoms with E-state index in [0.29, 0.717) is 29.7 Å². The maximum atomic E-state index is 13.5. The number of hydrogen-bond donors (Lipinski definition) is 1. The van der Waals surface area contributed by atoms with E-state index in [2.05, 4.69) is 0 Å². The summed E-state index contributed by atoms with van der Waals surface area (Å²) < 4.78 is 31.8. The van der Waals surface area contributed by atoms with Gasteiger partial charge in [0.25, 0.3) is 0 Å². The molecule has 1 aromatic carbocycles. The van der Waals surface area contributed by atoms with Gasteiger partial charge in [-0.25, -0.2) is 8.78 Å². The van der Waals surface area contributed by atoms with Crippen molar-refractivity contribution in [3.05, 3.63) is 34.4 Å². The van der Waals surface area contributed by atoms with Crippen molar-refractivity contribution in [1.82, 2.24) is 0 Å². The smallest absolute Gasteiger partial charge is 0.129 e. The molecule has 4 heteroatoms. The fourth-order valence-corrected chi connectivity index (χ4v) is 1.95. The molecule has 82 valence electrons. The number of benzene rings is 1. The highest BCUT2D eigenvalue weighted by atomic mass is 19.1. The fourth-order valence-electron chi connectivity index (χ4n) is 1.95. The molecule has 1 aromatic rings. The van der Waals surface area contributed by atoms with Gasteiger partial charge >= 0.3 is 0 Å². The second-order valence-electron chi connectivity index (χ2n) is 3.70. The van der Waals surface area contributed by atoms with E-state index >= 15 is 0 Å². The van der Waals surface area contributed by atoms with Gasteiger partial charge in [-0.3, -0.25) is 0 Å². The molecular weight excluding hydrogens is 202 g/mol. The Hall–Kier alpha value is -1.00. The predicted molar refractivity (Wildman–Crippen MR) is 50.6 cm³/mol. The van der Waals surface area contributed by atoms with Crippen LogP contribution in [-0.4, -0.2) is 18.3 Å². The molecule has 15 heavy (non-hydrogen) atoms. The van der Waals surface area contributed by atoms with Gasteiger partial charge in [0.15, 0.2) is 0 Å². The van der Waals surface area contributed by atoms with Gasteiger partial charge in [0.2, 0.25) is 0 Å². The Kier molecular flexibility index (Phi) is 2.71. The zero-order valence-electron chi connectivity index (χ0n) is 8.39. The second kappa shape index (κ2) is 3.87. The van der Waals surface area contributed by atoms with Gasteiger partial charge < -0.3 is 9.84 Å². The van der Waals surface area contributed by atoms with Gasteiger partial charge in [-0.15, -0.1) is 0 Å². The number of ether oxygens (including phenoxy) is 1. The Morgan fingerprint density at radius 1 is 1.40 bits per heavy atom. The fraction of sp³-hybridized carbons (Fsp3) is 0.455. The molecule has 1 heterocycles. The van der Waals surface area contributed by atoms with Crippen molar-refractivity contribution < 1.29 is 18.6 Å². The van der Waals surface area contributed by atoms with E-state index < -0.39 is 17.7 Å². The van der Waals surface area contributed by atoms with Crippen molar-refractivity contribution in [3.63, 3.8) is 0 Å². The minimum absolute atomic E-state index is 0.0940. The summed E-state index contributed by atoms with van der Waals surface area (Å²) >= 11 is 0. The molecule has 1 atom stereocenters. The number of aliphatic hydroxyl groups excluding tert-OH is 1. The standard InChI is InChI=1S/C11H12F2O2/c1-6-8(12)4-9(13)7-2-3-15-5-10(14)11(6)7/h4,10,14H,2-3,5H2,1H3. The lowest BCUT2D eigenvalue weighted by Crippen LogP contribution is -2.09. The van der Waals surface area contributed by atoms with Crippen LogP contribution >= 0.6 is 0 Å². The quantitative estimate of drug-likeness (QED) is 0.714. The predicted octanol–water partition coefficient (Wildman–Crippen LogP) is 1.88. The van der Waals surface area contributed by atoms with Crippen LogP contribution in [0.25, 0.3) is 0 Å². The van der Waals surface area contributed by atoms with E-state index in [1.807, 2.05) is 0 Å². The number of hydrogen-bond acceptors (Lipinski definition) is 2. The third-order valence-corrected chi connectivity index (χ3v) is 2.73. The van der Waals surface area contributed by atoms with Gasteiger partial charge in [0.1, 0.15) is 17.7 Å². The highest BCUT2D eigenvalue weighted by Gasteiger charge is 2.23. The van der Waals surface area contributed by atoms with Crippen LogP contribution in [-0.2, 0) is 11.2 Å². The van der Waals surface area contributed by atoms with Crippen molar-refractivity contribution in [2.45, 2.75) is 19.4 Å². The lowest BCUT2D eigenvalue weighted by molar-refractivity contribution is 0.0448. The Morgan fingerprint density at radius 3 is 2.87 bits per heavy atom. The molecule has 0 saturated heterocycles. The molecule has 0 spiro atoms. The first-order valence-corrected chi connectivity index (χ1v) is 4.84.